The summed E-state index contributed by atoms with van der Waals surface area (Å²) in [7, 11) is -2.04. The van der Waals surface area contributed by atoms with Crippen molar-refractivity contribution in [2.24, 2.45) is 0 Å². The lowest BCUT2D eigenvalue weighted by Crippen LogP contribution is -2.27. The standard InChI is InChI=1S/C10H15N3O2S/c1-11-16(14,15)13-10-3-2-8-4-5-12-7-9(8)6-10/h2-3,6,11-13H,4-5,7H2,1H3. The van der Waals surface area contributed by atoms with E-state index in [1.54, 1.807) is 6.07 Å². The van der Waals surface area contributed by atoms with Gasteiger partial charge in [0, 0.05) is 13.6 Å². The lowest BCUT2D eigenvalue weighted by atomic mass is 10.0. The number of rotatable bonds is 3. The fraction of sp³-hybridized carbons (Fsp3) is 0.400. The first-order chi connectivity index (χ1) is 7.61. The second kappa shape index (κ2) is 4.40. The van der Waals surface area contributed by atoms with Gasteiger partial charge in [-0.3, -0.25) is 4.72 Å². The van der Waals surface area contributed by atoms with Gasteiger partial charge in [-0.1, -0.05) is 6.07 Å². The van der Waals surface area contributed by atoms with Crippen molar-refractivity contribution in [3.8, 4) is 0 Å². The summed E-state index contributed by atoms with van der Waals surface area (Å²) in [6, 6.07) is 5.64. The number of benzene rings is 1. The van der Waals surface area contributed by atoms with Crippen molar-refractivity contribution in [1.82, 2.24) is 10.0 Å². The summed E-state index contributed by atoms with van der Waals surface area (Å²) in [6.45, 7) is 1.78. The normalized spacial score (nSPS) is 15.6. The molecular weight excluding hydrogens is 226 g/mol. The van der Waals surface area contributed by atoms with E-state index in [9.17, 15) is 8.42 Å². The summed E-state index contributed by atoms with van der Waals surface area (Å²) in [5.41, 5.74) is 3.03. The van der Waals surface area contributed by atoms with Gasteiger partial charge in [0.2, 0.25) is 0 Å². The molecule has 0 saturated carbocycles. The first-order valence-corrected chi connectivity index (χ1v) is 6.63. The van der Waals surface area contributed by atoms with Crippen LogP contribution in [0.15, 0.2) is 18.2 Å². The van der Waals surface area contributed by atoms with Gasteiger partial charge < -0.3 is 5.32 Å². The molecule has 88 valence electrons. The first kappa shape index (κ1) is 11.4. The molecule has 0 aliphatic carbocycles. The summed E-state index contributed by atoms with van der Waals surface area (Å²) in [6.07, 6.45) is 0.994. The van der Waals surface area contributed by atoms with Gasteiger partial charge in [-0.2, -0.15) is 8.42 Å². The van der Waals surface area contributed by atoms with Crippen LogP contribution < -0.4 is 14.8 Å². The smallest absolute Gasteiger partial charge is 0.298 e. The minimum absolute atomic E-state index is 0.594. The Morgan fingerprint density at radius 3 is 2.88 bits per heavy atom. The lowest BCUT2D eigenvalue weighted by Gasteiger charge is -2.18. The zero-order valence-corrected chi connectivity index (χ0v) is 9.89. The second-order valence-electron chi connectivity index (χ2n) is 3.72. The fourth-order valence-corrected chi connectivity index (χ4v) is 2.29. The highest BCUT2D eigenvalue weighted by Crippen LogP contribution is 2.19. The maximum Gasteiger partial charge on any atom is 0.298 e. The topological polar surface area (TPSA) is 70.2 Å². The number of nitrogens with one attached hydrogen (secondary N) is 3. The molecule has 3 N–H and O–H groups in total. The molecule has 1 aromatic rings. The molecule has 0 amide bonds. The molecule has 0 fully saturated rings. The average Bonchev–Trinajstić information content (AvgIpc) is 2.28. The zero-order chi connectivity index (χ0) is 11.6. The molecule has 0 saturated heterocycles. The summed E-state index contributed by atoms with van der Waals surface area (Å²) in [4.78, 5) is 0. The van der Waals surface area contributed by atoms with Crippen molar-refractivity contribution in [2.45, 2.75) is 13.0 Å². The molecule has 0 radical (unpaired) electrons. The van der Waals surface area contributed by atoms with Gasteiger partial charge in [0.05, 0.1) is 5.69 Å². The van der Waals surface area contributed by atoms with Crippen molar-refractivity contribution in [3.05, 3.63) is 29.3 Å². The molecule has 1 aromatic carbocycles. The molecule has 5 nitrogen and oxygen atoms in total. The van der Waals surface area contributed by atoms with Crippen LogP contribution in [0, 0.1) is 0 Å². The summed E-state index contributed by atoms with van der Waals surface area (Å²) in [5.74, 6) is 0. The quantitative estimate of drug-likeness (QED) is 0.708. The van der Waals surface area contributed by atoms with Gasteiger partial charge in [-0.05, 0) is 36.2 Å². The van der Waals surface area contributed by atoms with E-state index in [0.29, 0.717) is 5.69 Å². The highest BCUT2D eigenvalue weighted by Gasteiger charge is 2.11. The predicted molar refractivity (Wildman–Crippen MR) is 63.5 cm³/mol. The monoisotopic (exact) mass is 241 g/mol. The molecule has 6 heteroatoms. The van der Waals surface area contributed by atoms with Crippen LogP contribution in [0.5, 0.6) is 0 Å². The molecule has 1 heterocycles. The molecule has 1 aliphatic heterocycles. The Morgan fingerprint density at radius 1 is 1.31 bits per heavy atom. The van der Waals surface area contributed by atoms with E-state index in [1.165, 1.54) is 12.6 Å². The highest BCUT2D eigenvalue weighted by atomic mass is 32.2. The van der Waals surface area contributed by atoms with Crippen LogP contribution >= 0.6 is 0 Å². The average molecular weight is 241 g/mol. The SMILES string of the molecule is CNS(=O)(=O)Nc1ccc2c(c1)CNCC2. The van der Waals surface area contributed by atoms with Crippen LogP contribution in [0.1, 0.15) is 11.1 Å². The number of fused-ring (bicyclic) bond motifs is 1. The van der Waals surface area contributed by atoms with E-state index in [0.717, 1.165) is 25.1 Å². The van der Waals surface area contributed by atoms with Gasteiger partial charge >= 0.3 is 0 Å². The summed E-state index contributed by atoms with van der Waals surface area (Å²) >= 11 is 0. The summed E-state index contributed by atoms with van der Waals surface area (Å²) in [5, 5.41) is 3.25. The van der Waals surface area contributed by atoms with E-state index < -0.39 is 10.2 Å². The molecule has 1 aliphatic rings. The van der Waals surface area contributed by atoms with E-state index in [4.69, 9.17) is 0 Å². The van der Waals surface area contributed by atoms with Crippen molar-refractivity contribution in [3.63, 3.8) is 0 Å². The van der Waals surface area contributed by atoms with E-state index >= 15 is 0 Å². The Hall–Kier alpha value is -1.11. The molecule has 0 aromatic heterocycles. The Kier molecular flexibility index (Phi) is 3.13. The van der Waals surface area contributed by atoms with Crippen LogP contribution in [0.2, 0.25) is 0 Å². The van der Waals surface area contributed by atoms with Gasteiger partial charge in [-0.15, -0.1) is 0 Å². The Labute approximate surface area is 95.4 Å². The third-order valence-electron chi connectivity index (χ3n) is 2.61. The van der Waals surface area contributed by atoms with Crippen LogP contribution in [0.3, 0.4) is 0 Å². The Bertz CT molecular complexity index is 485. The van der Waals surface area contributed by atoms with Gasteiger partial charge in [0.25, 0.3) is 10.2 Å². The maximum atomic E-state index is 11.3. The fourth-order valence-electron chi connectivity index (χ4n) is 1.75. The number of hydrogen-bond acceptors (Lipinski definition) is 3. The van der Waals surface area contributed by atoms with Crippen LogP contribution in [-0.2, 0) is 23.2 Å². The zero-order valence-electron chi connectivity index (χ0n) is 9.08. The van der Waals surface area contributed by atoms with Crippen molar-refractivity contribution >= 4 is 15.9 Å². The molecular formula is C10H15N3O2S. The molecule has 0 unspecified atom stereocenters. The lowest BCUT2D eigenvalue weighted by molar-refractivity contribution is 0.593. The van der Waals surface area contributed by atoms with Gasteiger partial charge in [0.15, 0.2) is 0 Å². The molecule has 0 spiro atoms. The maximum absolute atomic E-state index is 11.3. The van der Waals surface area contributed by atoms with Crippen molar-refractivity contribution in [2.75, 3.05) is 18.3 Å². The van der Waals surface area contributed by atoms with Crippen molar-refractivity contribution in [1.29, 1.82) is 0 Å². The van der Waals surface area contributed by atoms with Crippen LogP contribution in [0.25, 0.3) is 0 Å². The van der Waals surface area contributed by atoms with Crippen LogP contribution in [-0.4, -0.2) is 22.0 Å². The minimum atomic E-state index is -3.42. The molecule has 0 bridgehead atoms. The molecule has 2 rings (SSSR count). The van der Waals surface area contributed by atoms with E-state index in [1.807, 2.05) is 12.1 Å². The molecule has 0 atom stereocenters. The number of hydrogen-bond donors (Lipinski definition) is 3. The third kappa shape index (κ3) is 2.52. The van der Waals surface area contributed by atoms with Gasteiger partial charge in [-0.25, -0.2) is 4.72 Å². The van der Waals surface area contributed by atoms with E-state index in [-0.39, 0.29) is 0 Å². The highest BCUT2D eigenvalue weighted by molar-refractivity contribution is 7.90. The van der Waals surface area contributed by atoms with Crippen LogP contribution in [0.4, 0.5) is 5.69 Å². The Balaban J connectivity index is 2.24. The van der Waals surface area contributed by atoms with Crippen molar-refractivity contribution < 1.29 is 8.42 Å². The minimum Gasteiger partial charge on any atom is -0.312 e. The Morgan fingerprint density at radius 2 is 2.12 bits per heavy atom. The predicted octanol–water partition coefficient (Wildman–Crippen LogP) is 0.208. The van der Waals surface area contributed by atoms with Gasteiger partial charge in [0.1, 0.15) is 0 Å². The number of anilines is 1. The second-order valence-corrected chi connectivity index (χ2v) is 5.34. The largest absolute Gasteiger partial charge is 0.312 e. The third-order valence-corrected chi connectivity index (χ3v) is 3.66. The first-order valence-electron chi connectivity index (χ1n) is 5.14. The van der Waals surface area contributed by atoms with E-state index in [2.05, 4.69) is 14.8 Å². The summed E-state index contributed by atoms with van der Waals surface area (Å²) < 4.78 is 27.3. The molecule has 16 heavy (non-hydrogen) atoms.